The predicted octanol–water partition coefficient (Wildman–Crippen LogP) is 2.95. The predicted molar refractivity (Wildman–Crippen MR) is 68.5 cm³/mol. The lowest BCUT2D eigenvalue weighted by molar-refractivity contribution is -0.111. The first kappa shape index (κ1) is 12.8. The van der Waals surface area contributed by atoms with Crippen LogP contribution in [-0.4, -0.2) is 19.4 Å². The van der Waals surface area contributed by atoms with Crippen molar-refractivity contribution < 1.29 is 14.3 Å². The molecule has 0 heterocycles. The van der Waals surface area contributed by atoms with Crippen LogP contribution in [0.5, 0.6) is 0 Å². The van der Waals surface area contributed by atoms with Gasteiger partial charge in [-0.15, -0.1) is 0 Å². The Kier molecular flexibility index (Phi) is 4.13. The molecule has 1 aliphatic carbocycles. The van der Waals surface area contributed by atoms with Crippen LogP contribution < -0.4 is 0 Å². The van der Waals surface area contributed by atoms with Gasteiger partial charge in [0, 0.05) is 5.92 Å². The Morgan fingerprint density at radius 2 is 1.78 bits per heavy atom. The Bertz CT molecular complexity index is 414. The highest BCUT2D eigenvalue weighted by Gasteiger charge is 2.21. The van der Waals surface area contributed by atoms with Gasteiger partial charge in [0.25, 0.3) is 0 Å². The van der Waals surface area contributed by atoms with E-state index in [4.69, 9.17) is 0 Å². The summed E-state index contributed by atoms with van der Waals surface area (Å²) in [6, 6.07) is 7.62. The molecule has 0 amide bonds. The van der Waals surface area contributed by atoms with Gasteiger partial charge < -0.3 is 9.53 Å². The summed E-state index contributed by atoms with van der Waals surface area (Å²) in [5.74, 6) is 0.467. The molecular weight excluding hydrogens is 228 g/mol. The summed E-state index contributed by atoms with van der Waals surface area (Å²) in [5, 5.41) is 0. The summed E-state index contributed by atoms with van der Waals surface area (Å²) < 4.78 is 4.67. The van der Waals surface area contributed by atoms with E-state index in [0.717, 1.165) is 32.0 Å². The van der Waals surface area contributed by atoms with Crippen molar-refractivity contribution in [2.24, 2.45) is 5.92 Å². The highest BCUT2D eigenvalue weighted by Crippen LogP contribution is 2.34. The van der Waals surface area contributed by atoms with Crippen LogP contribution >= 0.6 is 0 Å². The normalized spacial score (nSPS) is 23.4. The zero-order valence-corrected chi connectivity index (χ0v) is 10.6. The molecule has 0 unspecified atom stereocenters. The first-order valence-electron chi connectivity index (χ1n) is 6.38. The average Bonchev–Trinajstić information content (AvgIpc) is 2.47. The van der Waals surface area contributed by atoms with Crippen molar-refractivity contribution in [3.05, 3.63) is 35.4 Å². The van der Waals surface area contributed by atoms with Crippen LogP contribution in [-0.2, 0) is 9.53 Å². The molecule has 0 spiro atoms. The van der Waals surface area contributed by atoms with E-state index in [0.29, 0.717) is 11.5 Å². The molecule has 96 valence electrons. The molecule has 0 atom stereocenters. The third kappa shape index (κ3) is 2.78. The van der Waals surface area contributed by atoms with Crippen molar-refractivity contribution in [1.29, 1.82) is 0 Å². The summed E-state index contributed by atoms with van der Waals surface area (Å²) in [6.07, 6.45) is 5.15. The van der Waals surface area contributed by atoms with Gasteiger partial charge in [0.1, 0.15) is 6.29 Å². The quantitative estimate of drug-likeness (QED) is 0.608. The monoisotopic (exact) mass is 246 g/mol. The van der Waals surface area contributed by atoms with Crippen molar-refractivity contribution in [2.75, 3.05) is 7.11 Å². The molecule has 3 heteroatoms. The molecule has 3 nitrogen and oxygen atoms in total. The van der Waals surface area contributed by atoms with E-state index in [9.17, 15) is 9.59 Å². The van der Waals surface area contributed by atoms with Crippen molar-refractivity contribution in [3.8, 4) is 0 Å². The van der Waals surface area contributed by atoms with Crippen LogP contribution in [0, 0.1) is 5.92 Å². The first-order chi connectivity index (χ1) is 8.74. The summed E-state index contributed by atoms with van der Waals surface area (Å²) in [7, 11) is 1.39. The van der Waals surface area contributed by atoms with Crippen LogP contribution in [0.15, 0.2) is 24.3 Å². The number of carbonyl (C=O) groups excluding carboxylic acids is 2. The Morgan fingerprint density at radius 1 is 1.17 bits per heavy atom. The Hall–Kier alpha value is -1.64. The zero-order chi connectivity index (χ0) is 13.0. The number of carbonyl (C=O) groups is 2. The summed E-state index contributed by atoms with van der Waals surface area (Å²) in [4.78, 5) is 22.0. The zero-order valence-electron chi connectivity index (χ0n) is 10.6. The molecular formula is C15H18O3. The maximum Gasteiger partial charge on any atom is 0.337 e. The first-order valence-corrected chi connectivity index (χ1v) is 6.38. The van der Waals surface area contributed by atoms with Gasteiger partial charge in [-0.05, 0) is 49.3 Å². The third-order valence-electron chi connectivity index (χ3n) is 3.77. The highest BCUT2D eigenvalue weighted by atomic mass is 16.5. The molecule has 0 aliphatic heterocycles. The molecule has 0 radical (unpaired) electrons. The second-order valence-electron chi connectivity index (χ2n) is 4.86. The number of rotatable bonds is 3. The maximum absolute atomic E-state index is 11.3. The molecule has 0 bridgehead atoms. The smallest absolute Gasteiger partial charge is 0.337 e. The van der Waals surface area contributed by atoms with Crippen molar-refractivity contribution in [2.45, 2.75) is 31.6 Å². The third-order valence-corrected chi connectivity index (χ3v) is 3.77. The fraction of sp³-hybridized carbons (Fsp3) is 0.467. The molecule has 1 saturated carbocycles. The standard InChI is InChI=1S/C15H18O3/c1-18-15(17)14-8-6-13(7-9-14)12-4-2-11(10-16)3-5-12/h6-12H,2-5H2,1H3/t11-,12-. The summed E-state index contributed by atoms with van der Waals surface area (Å²) in [5.41, 5.74) is 1.84. The summed E-state index contributed by atoms with van der Waals surface area (Å²) >= 11 is 0. The lowest BCUT2D eigenvalue weighted by Gasteiger charge is -2.25. The molecule has 1 aromatic carbocycles. The van der Waals surface area contributed by atoms with Gasteiger partial charge in [0.2, 0.25) is 0 Å². The Balaban J connectivity index is 2.02. The topological polar surface area (TPSA) is 43.4 Å². The lowest BCUT2D eigenvalue weighted by Crippen LogP contribution is -2.14. The number of esters is 1. The largest absolute Gasteiger partial charge is 0.465 e. The number of hydrogen-bond donors (Lipinski definition) is 0. The van der Waals surface area contributed by atoms with Gasteiger partial charge in [-0.1, -0.05) is 12.1 Å². The van der Waals surface area contributed by atoms with E-state index in [1.165, 1.54) is 12.7 Å². The van der Waals surface area contributed by atoms with Gasteiger partial charge >= 0.3 is 5.97 Å². The van der Waals surface area contributed by atoms with Crippen LogP contribution in [0.2, 0.25) is 0 Å². The molecule has 1 aliphatic rings. The SMILES string of the molecule is COC(=O)c1ccc([C@H]2CC[C@H](C=O)CC2)cc1. The minimum atomic E-state index is -0.300. The van der Waals surface area contributed by atoms with E-state index in [2.05, 4.69) is 4.74 Å². The van der Waals surface area contributed by atoms with Gasteiger partial charge in [-0.2, -0.15) is 0 Å². The second-order valence-corrected chi connectivity index (χ2v) is 4.86. The molecule has 2 rings (SSSR count). The molecule has 1 fully saturated rings. The van der Waals surface area contributed by atoms with E-state index >= 15 is 0 Å². The van der Waals surface area contributed by atoms with Crippen LogP contribution in [0.25, 0.3) is 0 Å². The minimum absolute atomic E-state index is 0.246. The van der Waals surface area contributed by atoms with Gasteiger partial charge in [0.05, 0.1) is 12.7 Å². The molecule has 0 aromatic heterocycles. The van der Waals surface area contributed by atoms with Crippen molar-refractivity contribution >= 4 is 12.3 Å². The Morgan fingerprint density at radius 3 is 2.28 bits per heavy atom. The average molecular weight is 246 g/mol. The van der Waals surface area contributed by atoms with Crippen molar-refractivity contribution in [3.63, 3.8) is 0 Å². The second kappa shape index (κ2) is 5.80. The molecule has 1 aromatic rings. The van der Waals surface area contributed by atoms with Crippen LogP contribution in [0.4, 0.5) is 0 Å². The number of ether oxygens (including phenoxy) is 1. The van der Waals surface area contributed by atoms with E-state index in [1.807, 2.05) is 24.3 Å². The van der Waals surface area contributed by atoms with Crippen LogP contribution in [0.3, 0.4) is 0 Å². The van der Waals surface area contributed by atoms with Crippen LogP contribution in [0.1, 0.15) is 47.5 Å². The van der Waals surface area contributed by atoms with Crippen molar-refractivity contribution in [1.82, 2.24) is 0 Å². The number of aldehydes is 1. The molecule has 0 N–H and O–H groups in total. The van der Waals surface area contributed by atoms with E-state index in [-0.39, 0.29) is 11.9 Å². The number of benzene rings is 1. The number of hydrogen-bond acceptors (Lipinski definition) is 3. The van der Waals surface area contributed by atoms with Gasteiger partial charge in [0.15, 0.2) is 0 Å². The van der Waals surface area contributed by atoms with E-state index < -0.39 is 0 Å². The van der Waals surface area contributed by atoms with Gasteiger partial charge in [-0.25, -0.2) is 4.79 Å². The summed E-state index contributed by atoms with van der Waals surface area (Å²) in [6.45, 7) is 0. The lowest BCUT2D eigenvalue weighted by atomic mass is 9.79. The molecule has 0 saturated heterocycles. The number of methoxy groups -OCH3 is 1. The molecule has 18 heavy (non-hydrogen) atoms. The maximum atomic E-state index is 11.3. The highest BCUT2D eigenvalue weighted by molar-refractivity contribution is 5.89. The van der Waals surface area contributed by atoms with Gasteiger partial charge in [-0.3, -0.25) is 0 Å². The minimum Gasteiger partial charge on any atom is -0.465 e. The fourth-order valence-corrected chi connectivity index (χ4v) is 2.60. The fourth-order valence-electron chi connectivity index (χ4n) is 2.60. The Labute approximate surface area is 107 Å². The van der Waals surface area contributed by atoms with E-state index in [1.54, 1.807) is 0 Å².